The minimum Gasteiger partial charge on any atom is -0.350 e. The number of carbonyl (C=O) groups excluding carboxylic acids is 3. The summed E-state index contributed by atoms with van der Waals surface area (Å²) in [6, 6.07) is 3.78. The SMILES string of the molecule is O=C(NCCN1C(=O)CSC1=O)c1ccc(C(F)(F)F)cc1. The van der Waals surface area contributed by atoms with Crippen LogP contribution in [-0.4, -0.2) is 40.8 Å². The van der Waals surface area contributed by atoms with E-state index in [1.54, 1.807) is 0 Å². The smallest absolute Gasteiger partial charge is 0.350 e. The van der Waals surface area contributed by atoms with E-state index in [9.17, 15) is 27.6 Å². The van der Waals surface area contributed by atoms with E-state index in [2.05, 4.69) is 5.32 Å². The molecule has 0 aromatic heterocycles. The topological polar surface area (TPSA) is 66.5 Å². The van der Waals surface area contributed by atoms with Gasteiger partial charge in [-0.3, -0.25) is 19.3 Å². The zero-order valence-electron chi connectivity index (χ0n) is 11.1. The molecule has 0 atom stereocenters. The first-order valence-corrected chi connectivity index (χ1v) is 7.20. The monoisotopic (exact) mass is 332 g/mol. The second kappa shape index (κ2) is 6.39. The molecule has 5 nitrogen and oxygen atoms in total. The lowest BCUT2D eigenvalue weighted by molar-refractivity contribution is -0.137. The van der Waals surface area contributed by atoms with Crippen molar-refractivity contribution in [1.82, 2.24) is 10.2 Å². The fraction of sp³-hybridized carbons (Fsp3) is 0.308. The summed E-state index contributed by atoms with van der Waals surface area (Å²) in [4.78, 5) is 35.4. The van der Waals surface area contributed by atoms with Gasteiger partial charge in [-0.2, -0.15) is 13.2 Å². The second-order valence-corrected chi connectivity index (χ2v) is 5.36. The van der Waals surface area contributed by atoms with Gasteiger partial charge in [0.25, 0.3) is 11.1 Å². The van der Waals surface area contributed by atoms with Crippen molar-refractivity contribution in [3.8, 4) is 0 Å². The van der Waals surface area contributed by atoms with Crippen LogP contribution in [0.15, 0.2) is 24.3 Å². The molecule has 1 aromatic rings. The first-order valence-electron chi connectivity index (χ1n) is 6.21. The lowest BCUT2D eigenvalue weighted by Gasteiger charge is -2.13. The minimum atomic E-state index is -4.46. The molecule has 1 saturated heterocycles. The van der Waals surface area contributed by atoms with Crippen molar-refractivity contribution in [2.24, 2.45) is 0 Å². The maximum absolute atomic E-state index is 12.4. The molecule has 0 unspecified atom stereocenters. The number of thioether (sulfide) groups is 1. The summed E-state index contributed by atoms with van der Waals surface area (Å²) in [7, 11) is 0. The van der Waals surface area contributed by atoms with Gasteiger partial charge in [0.05, 0.1) is 11.3 Å². The Morgan fingerprint density at radius 3 is 2.36 bits per heavy atom. The average Bonchev–Trinajstić information content (AvgIpc) is 2.78. The van der Waals surface area contributed by atoms with E-state index in [-0.39, 0.29) is 35.6 Å². The first kappa shape index (κ1) is 16.3. The maximum atomic E-state index is 12.4. The molecule has 0 bridgehead atoms. The second-order valence-electron chi connectivity index (χ2n) is 4.43. The van der Waals surface area contributed by atoms with Gasteiger partial charge in [0.1, 0.15) is 0 Å². The number of halogens is 3. The van der Waals surface area contributed by atoms with Crippen molar-refractivity contribution >= 4 is 28.8 Å². The Morgan fingerprint density at radius 2 is 1.86 bits per heavy atom. The van der Waals surface area contributed by atoms with Gasteiger partial charge >= 0.3 is 6.18 Å². The van der Waals surface area contributed by atoms with E-state index in [0.717, 1.165) is 40.9 Å². The highest BCUT2D eigenvalue weighted by atomic mass is 32.2. The molecular weight excluding hydrogens is 321 g/mol. The van der Waals surface area contributed by atoms with Gasteiger partial charge in [-0.05, 0) is 24.3 Å². The minimum absolute atomic E-state index is 0.0387. The number of hydrogen-bond acceptors (Lipinski definition) is 4. The predicted octanol–water partition coefficient (Wildman–Crippen LogP) is 2.13. The van der Waals surface area contributed by atoms with Crippen LogP contribution in [0.3, 0.4) is 0 Å². The summed E-state index contributed by atoms with van der Waals surface area (Å²) in [5.74, 6) is -0.801. The Labute approximate surface area is 127 Å². The lowest BCUT2D eigenvalue weighted by Crippen LogP contribution is -2.37. The van der Waals surface area contributed by atoms with Crippen molar-refractivity contribution in [1.29, 1.82) is 0 Å². The van der Waals surface area contributed by atoms with Crippen LogP contribution in [0.25, 0.3) is 0 Å². The van der Waals surface area contributed by atoms with Crippen LogP contribution in [0.4, 0.5) is 18.0 Å². The Hall–Kier alpha value is -2.03. The van der Waals surface area contributed by atoms with Crippen LogP contribution < -0.4 is 5.32 Å². The van der Waals surface area contributed by atoms with Gasteiger partial charge in [0.15, 0.2) is 0 Å². The zero-order chi connectivity index (χ0) is 16.3. The number of rotatable bonds is 4. The van der Waals surface area contributed by atoms with Gasteiger partial charge in [-0.25, -0.2) is 0 Å². The molecule has 1 N–H and O–H groups in total. The van der Waals surface area contributed by atoms with Crippen molar-refractivity contribution in [3.63, 3.8) is 0 Å². The van der Waals surface area contributed by atoms with Crippen LogP contribution in [0.5, 0.6) is 0 Å². The third kappa shape index (κ3) is 3.79. The zero-order valence-corrected chi connectivity index (χ0v) is 12.0. The quantitative estimate of drug-likeness (QED) is 0.917. The molecule has 2 rings (SSSR count). The molecular formula is C13H11F3N2O3S. The molecule has 1 aliphatic heterocycles. The summed E-state index contributed by atoms with van der Waals surface area (Å²) in [6.07, 6.45) is -4.46. The summed E-state index contributed by atoms with van der Waals surface area (Å²) in [5.41, 5.74) is -0.768. The van der Waals surface area contributed by atoms with Crippen LogP contribution in [0.1, 0.15) is 15.9 Å². The fourth-order valence-electron chi connectivity index (χ4n) is 1.79. The number of hydrogen-bond donors (Lipinski definition) is 1. The molecule has 1 aliphatic rings. The number of carbonyl (C=O) groups is 3. The van der Waals surface area contributed by atoms with Crippen LogP contribution in [-0.2, 0) is 11.0 Å². The van der Waals surface area contributed by atoms with E-state index >= 15 is 0 Å². The van der Waals surface area contributed by atoms with Gasteiger partial charge in [-0.15, -0.1) is 0 Å². The fourth-order valence-corrected chi connectivity index (χ4v) is 2.54. The normalized spacial score (nSPS) is 15.3. The van der Waals surface area contributed by atoms with Gasteiger partial charge < -0.3 is 5.32 Å². The van der Waals surface area contributed by atoms with Crippen molar-refractivity contribution in [2.75, 3.05) is 18.8 Å². The highest BCUT2D eigenvalue weighted by molar-refractivity contribution is 8.14. The van der Waals surface area contributed by atoms with E-state index in [1.165, 1.54) is 0 Å². The molecule has 1 heterocycles. The third-order valence-electron chi connectivity index (χ3n) is 2.94. The van der Waals surface area contributed by atoms with Gasteiger partial charge in [-0.1, -0.05) is 11.8 Å². The third-order valence-corrected chi connectivity index (χ3v) is 3.79. The predicted molar refractivity (Wildman–Crippen MR) is 73.3 cm³/mol. The molecule has 0 spiro atoms. The number of benzene rings is 1. The molecule has 22 heavy (non-hydrogen) atoms. The van der Waals surface area contributed by atoms with Crippen molar-refractivity contribution in [2.45, 2.75) is 6.18 Å². The molecule has 3 amide bonds. The number of imide groups is 1. The van der Waals surface area contributed by atoms with E-state index in [0.29, 0.717) is 0 Å². The summed E-state index contributed by atoms with van der Waals surface area (Å²) in [6.45, 7) is 0.0783. The molecule has 0 radical (unpaired) electrons. The number of nitrogens with one attached hydrogen (secondary N) is 1. The molecule has 1 fully saturated rings. The maximum Gasteiger partial charge on any atom is 0.416 e. The highest BCUT2D eigenvalue weighted by Crippen LogP contribution is 2.29. The molecule has 118 valence electrons. The number of alkyl halides is 3. The summed E-state index contributed by atoms with van der Waals surface area (Å²) < 4.78 is 37.2. The van der Waals surface area contributed by atoms with Crippen molar-refractivity contribution in [3.05, 3.63) is 35.4 Å². The van der Waals surface area contributed by atoms with Crippen LogP contribution >= 0.6 is 11.8 Å². The van der Waals surface area contributed by atoms with Crippen LogP contribution in [0, 0.1) is 0 Å². The standard InChI is InChI=1S/C13H11F3N2O3S/c14-13(15,16)9-3-1-8(2-4-9)11(20)17-5-6-18-10(19)7-22-12(18)21/h1-4H,5-7H2,(H,17,20). The molecule has 9 heteroatoms. The van der Waals surface area contributed by atoms with Crippen molar-refractivity contribution < 1.29 is 27.6 Å². The Balaban J connectivity index is 1.87. The molecule has 0 aliphatic carbocycles. The Bertz CT molecular complexity index is 586. The first-order chi connectivity index (χ1) is 10.3. The lowest BCUT2D eigenvalue weighted by atomic mass is 10.1. The molecule has 0 saturated carbocycles. The van der Waals surface area contributed by atoms with Gasteiger partial charge in [0, 0.05) is 18.7 Å². The summed E-state index contributed by atoms with van der Waals surface area (Å²) in [5, 5.41) is 2.08. The number of amides is 3. The van der Waals surface area contributed by atoms with E-state index in [1.807, 2.05) is 0 Å². The average molecular weight is 332 g/mol. The van der Waals surface area contributed by atoms with E-state index in [4.69, 9.17) is 0 Å². The summed E-state index contributed by atoms with van der Waals surface area (Å²) >= 11 is 0.891. The number of nitrogens with zero attached hydrogens (tertiary/aromatic N) is 1. The highest BCUT2D eigenvalue weighted by Gasteiger charge is 2.30. The Morgan fingerprint density at radius 1 is 1.23 bits per heavy atom. The largest absolute Gasteiger partial charge is 0.416 e. The molecule has 1 aromatic carbocycles. The van der Waals surface area contributed by atoms with Crippen LogP contribution in [0.2, 0.25) is 0 Å². The Kier molecular flexibility index (Phi) is 4.74. The van der Waals surface area contributed by atoms with E-state index < -0.39 is 17.6 Å². The van der Waals surface area contributed by atoms with Gasteiger partial charge in [0.2, 0.25) is 5.91 Å².